The number of aliphatic hydroxyl groups excluding tert-OH is 1. The van der Waals surface area contributed by atoms with Gasteiger partial charge in [0.05, 0.1) is 15.8 Å². The minimum atomic E-state index is 0.0435. The molecule has 1 aliphatic rings. The summed E-state index contributed by atoms with van der Waals surface area (Å²) in [5, 5.41) is 14.0. The zero-order valence-electron chi connectivity index (χ0n) is 12.7. The second-order valence-corrected chi connectivity index (χ2v) is 6.45. The Morgan fingerprint density at radius 1 is 1.23 bits per heavy atom. The van der Waals surface area contributed by atoms with E-state index >= 15 is 0 Å². The smallest absolute Gasteiger partial charge is 0.0919 e. The van der Waals surface area contributed by atoms with Crippen molar-refractivity contribution in [3.8, 4) is 0 Å². The van der Waals surface area contributed by atoms with Crippen LogP contribution in [-0.2, 0) is 6.54 Å². The quantitative estimate of drug-likeness (QED) is 0.677. The first kappa shape index (κ1) is 17.1. The Morgan fingerprint density at radius 3 is 2.59 bits per heavy atom. The molecule has 0 bridgehead atoms. The van der Waals surface area contributed by atoms with Crippen molar-refractivity contribution in [3.05, 3.63) is 69.4 Å². The molecule has 0 saturated heterocycles. The van der Waals surface area contributed by atoms with Crippen LogP contribution in [0.4, 0.5) is 0 Å². The first-order chi connectivity index (χ1) is 10.5. The molecular weight excluding hydrogens is 317 g/mol. The summed E-state index contributed by atoms with van der Waals surface area (Å²) in [6, 6.07) is 5.68. The molecule has 0 fully saturated rings. The van der Waals surface area contributed by atoms with E-state index < -0.39 is 0 Å². The lowest BCUT2D eigenvalue weighted by Crippen LogP contribution is -2.18. The van der Waals surface area contributed by atoms with Crippen molar-refractivity contribution < 1.29 is 5.11 Å². The normalized spacial score (nSPS) is 16.0. The summed E-state index contributed by atoms with van der Waals surface area (Å²) in [6.45, 7) is 7.19. The third kappa shape index (κ3) is 4.64. The summed E-state index contributed by atoms with van der Waals surface area (Å²) in [5.41, 5.74) is 3.72. The van der Waals surface area contributed by atoms with Gasteiger partial charge in [-0.25, -0.2) is 0 Å². The molecule has 118 valence electrons. The molecule has 0 spiro atoms. The van der Waals surface area contributed by atoms with Crippen molar-refractivity contribution >= 4 is 23.2 Å². The van der Waals surface area contributed by atoms with Crippen molar-refractivity contribution in [2.24, 2.45) is 5.92 Å². The average molecular weight is 338 g/mol. The number of hydrogen-bond donors (Lipinski definition) is 2. The third-order valence-electron chi connectivity index (χ3n) is 3.99. The SMILES string of the molecule is C=C(O)C(C)C1=CC=C(CNCc2ccc(Cl)c(Cl)c2)CC1. The van der Waals surface area contributed by atoms with E-state index in [0.29, 0.717) is 10.0 Å². The molecule has 2 rings (SSSR count). The fourth-order valence-corrected chi connectivity index (χ4v) is 2.76. The van der Waals surface area contributed by atoms with E-state index in [-0.39, 0.29) is 11.7 Å². The number of benzene rings is 1. The van der Waals surface area contributed by atoms with Gasteiger partial charge in [-0.3, -0.25) is 0 Å². The summed E-state index contributed by atoms with van der Waals surface area (Å²) >= 11 is 11.9. The molecule has 4 heteroatoms. The van der Waals surface area contributed by atoms with E-state index in [4.69, 9.17) is 23.2 Å². The van der Waals surface area contributed by atoms with Gasteiger partial charge in [0.25, 0.3) is 0 Å². The van der Waals surface area contributed by atoms with Crippen LogP contribution >= 0.6 is 23.2 Å². The molecule has 1 atom stereocenters. The second kappa shape index (κ2) is 7.87. The van der Waals surface area contributed by atoms with Gasteiger partial charge < -0.3 is 10.4 Å². The number of allylic oxidation sites excluding steroid dienone is 3. The molecule has 0 aromatic heterocycles. The number of halogens is 2. The molecule has 0 radical (unpaired) electrons. The second-order valence-electron chi connectivity index (χ2n) is 5.63. The minimum Gasteiger partial charge on any atom is -0.512 e. The summed E-state index contributed by atoms with van der Waals surface area (Å²) in [6.07, 6.45) is 6.23. The van der Waals surface area contributed by atoms with Gasteiger partial charge in [-0.2, -0.15) is 0 Å². The van der Waals surface area contributed by atoms with Gasteiger partial charge in [-0.1, -0.05) is 66.1 Å². The largest absolute Gasteiger partial charge is 0.512 e. The van der Waals surface area contributed by atoms with Crippen LogP contribution in [0.3, 0.4) is 0 Å². The van der Waals surface area contributed by atoms with Crippen LogP contribution in [0, 0.1) is 5.92 Å². The Bertz CT molecular complexity index is 620. The maximum Gasteiger partial charge on any atom is 0.0919 e. The van der Waals surface area contributed by atoms with E-state index in [1.165, 1.54) is 11.1 Å². The summed E-state index contributed by atoms with van der Waals surface area (Å²) < 4.78 is 0. The molecule has 2 N–H and O–H groups in total. The predicted molar refractivity (Wildman–Crippen MR) is 94.5 cm³/mol. The fourth-order valence-electron chi connectivity index (χ4n) is 2.44. The fraction of sp³-hybridized carbons (Fsp3) is 0.333. The maximum atomic E-state index is 9.46. The van der Waals surface area contributed by atoms with Crippen molar-refractivity contribution in [3.63, 3.8) is 0 Å². The highest BCUT2D eigenvalue weighted by molar-refractivity contribution is 6.42. The standard InChI is InChI=1S/C18H21Cl2NO/c1-12(13(2)22)16-6-3-14(4-7-16)10-21-11-15-5-8-17(19)18(20)9-15/h3,5-6,8-9,12,21-22H,2,4,7,10-11H2,1H3. The minimum absolute atomic E-state index is 0.0435. The lowest BCUT2D eigenvalue weighted by Gasteiger charge is -2.19. The Kier molecular flexibility index (Phi) is 6.13. The highest BCUT2D eigenvalue weighted by Crippen LogP contribution is 2.27. The van der Waals surface area contributed by atoms with E-state index in [0.717, 1.165) is 31.5 Å². The van der Waals surface area contributed by atoms with Crippen LogP contribution in [-0.4, -0.2) is 11.7 Å². The van der Waals surface area contributed by atoms with E-state index in [1.807, 2.05) is 25.1 Å². The van der Waals surface area contributed by atoms with Crippen molar-refractivity contribution in [2.75, 3.05) is 6.54 Å². The molecule has 0 amide bonds. The van der Waals surface area contributed by atoms with Crippen LogP contribution in [0.5, 0.6) is 0 Å². The average Bonchev–Trinajstić information content (AvgIpc) is 2.51. The lowest BCUT2D eigenvalue weighted by atomic mass is 9.89. The zero-order valence-corrected chi connectivity index (χ0v) is 14.2. The molecular formula is C18H21Cl2NO. The van der Waals surface area contributed by atoms with E-state index in [1.54, 1.807) is 0 Å². The molecule has 1 aromatic carbocycles. The van der Waals surface area contributed by atoms with Gasteiger partial charge in [0.1, 0.15) is 0 Å². The molecule has 1 aliphatic carbocycles. The van der Waals surface area contributed by atoms with Crippen LogP contribution in [0.2, 0.25) is 10.0 Å². The zero-order chi connectivity index (χ0) is 16.1. The summed E-state index contributed by atoms with van der Waals surface area (Å²) in [4.78, 5) is 0. The van der Waals surface area contributed by atoms with Crippen LogP contribution in [0.15, 0.2) is 53.8 Å². The number of hydrogen-bond acceptors (Lipinski definition) is 2. The lowest BCUT2D eigenvalue weighted by molar-refractivity contribution is 0.359. The first-order valence-electron chi connectivity index (χ1n) is 7.38. The summed E-state index contributed by atoms with van der Waals surface area (Å²) in [5.74, 6) is 0.280. The Balaban J connectivity index is 1.85. The first-order valence-corrected chi connectivity index (χ1v) is 8.14. The van der Waals surface area contributed by atoms with Crippen LogP contribution < -0.4 is 5.32 Å². The molecule has 1 aromatic rings. The topological polar surface area (TPSA) is 32.3 Å². The molecule has 0 saturated carbocycles. The Morgan fingerprint density at radius 2 is 2.00 bits per heavy atom. The molecule has 22 heavy (non-hydrogen) atoms. The van der Waals surface area contributed by atoms with Crippen LogP contribution in [0.1, 0.15) is 25.3 Å². The maximum absolute atomic E-state index is 9.46. The highest BCUT2D eigenvalue weighted by atomic mass is 35.5. The van der Waals surface area contributed by atoms with Crippen molar-refractivity contribution in [1.82, 2.24) is 5.32 Å². The van der Waals surface area contributed by atoms with Gasteiger partial charge >= 0.3 is 0 Å². The van der Waals surface area contributed by atoms with Crippen molar-refractivity contribution in [1.29, 1.82) is 0 Å². The van der Waals surface area contributed by atoms with Crippen molar-refractivity contribution in [2.45, 2.75) is 26.3 Å². The number of nitrogens with one attached hydrogen (secondary N) is 1. The predicted octanol–water partition coefficient (Wildman–Crippen LogP) is 5.44. The summed E-state index contributed by atoms with van der Waals surface area (Å²) in [7, 11) is 0. The van der Waals surface area contributed by atoms with Gasteiger partial charge in [0.2, 0.25) is 0 Å². The van der Waals surface area contributed by atoms with Crippen LogP contribution in [0.25, 0.3) is 0 Å². The number of rotatable bonds is 6. The van der Waals surface area contributed by atoms with Gasteiger partial charge in [0.15, 0.2) is 0 Å². The number of aliphatic hydroxyl groups is 1. The molecule has 2 nitrogen and oxygen atoms in total. The monoisotopic (exact) mass is 337 g/mol. The third-order valence-corrected chi connectivity index (χ3v) is 4.73. The van der Waals surface area contributed by atoms with Gasteiger partial charge in [-0.05, 0) is 30.5 Å². The van der Waals surface area contributed by atoms with Gasteiger partial charge in [0, 0.05) is 19.0 Å². The molecule has 0 aliphatic heterocycles. The Labute approximate surface area is 142 Å². The van der Waals surface area contributed by atoms with Gasteiger partial charge in [-0.15, -0.1) is 0 Å². The van der Waals surface area contributed by atoms with E-state index in [9.17, 15) is 5.11 Å². The molecule has 1 unspecified atom stereocenters. The Hall–Kier alpha value is -1.22. The highest BCUT2D eigenvalue weighted by Gasteiger charge is 2.14. The van der Waals surface area contributed by atoms with E-state index in [2.05, 4.69) is 24.0 Å². The molecule has 0 heterocycles.